The van der Waals surface area contributed by atoms with Gasteiger partial charge in [-0.15, -0.1) is 0 Å². The van der Waals surface area contributed by atoms with Gasteiger partial charge in [0, 0.05) is 0 Å². The molecule has 0 aromatic heterocycles. The van der Waals surface area contributed by atoms with Crippen LogP contribution in [0, 0.1) is 23.3 Å². The van der Waals surface area contributed by atoms with E-state index in [4.69, 9.17) is 10.00 Å². The normalized spacial score (nSPS) is 27.9. The number of nitrogens with one attached hydrogen (secondary N) is 2. The van der Waals surface area contributed by atoms with E-state index in [2.05, 4.69) is 31.4 Å². The summed E-state index contributed by atoms with van der Waals surface area (Å²) in [7, 11) is 0. The SMILES string of the molecule is CCC(C)C(C)C1OC(C)=CC(NC#N)C1NC=C=O. The highest BCUT2D eigenvalue weighted by atomic mass is 16.5. The van der Waals surface area contributed by atoms with Gasteiger partial charge in [-0.3, -0.25) is 0 Å². The minimum absolute atomic E-state index is 0.106. The maximum atomic E-state index is 10.5. The first-order valence-corrected chi connectivity index (χ1v) is 7.00. The molecule has 0 aliphatic carbocycles. The van der Waals surface area contributed by atoms with Crippen LogP contribution in [0.1, 0.15) is 34.1 Å². The van der Waals surface area contributed by atoms with Crippen molar-refractivity contribution in [3.63, 3.8) is 0 Å². The molecule has 0 radical (unpaired) electrons. The van der Waals surface area contributed by atoms with Crippen LogP contribution < -0.4 is 10.6 Å². The average Bonchev–Trinajstić information content (AvgIpc) is 2.44. The molecular formula is C15H23N3O2. The Morgan fingerprint density at radius 1 is 1.55 bits per heavy atom. The highest BCUT2D eigenvalue weighted by Gasteiger charge is 2.38. The number of nitriles is 1. The van der Waals surface area contributed by atoms with Crippen LogP contribution in [0.25, 0.3) is 0 Å². The molecule has 0 spiro atoms. The Morgan fingerprint density at radius 2 is 2.25 bits per heavy atom. The Morgan fingerprint density at radius 3 is 2.80 bits per heavy atom. The number of ether oxygens (including phenoxy) is 1. The van der Waals surface area contributed by atoms with Crippen molar-refractivity contribution < 1.29 is 9.53 Å². The molecule has 0 fully saturated rings. The first-order chi connectivity index (χ1) is 9.54. The summed E-state index contributed by atoms with van der Waals surface area (Å²) >= 11 is 0. The zero-order valence-electron chi connectivity index (χ0n) is 12.5. The van der Waals surface area contributed by atoms with Crippen LogP contribution in [0.4, 0.5) is 0 Å². The van der Waals surface area contributed by atoms with Crippen LogP contribution in [0.3, 0.4) is 0 Å². The predicted molar refractivity (Wildman–Crippen MR) is 77.0 cm³/mol. The summed E-state index contributed by atoms with van der Waals surface area (Å²) < 4.78 is 5.96. The molecule has 0 bridgehead atoms. The lowest BCUT2D eigenvalue weighted by atomic mass is 9.82. The maximum Gasteiger partial charge on any atom is 0.177 e. The Kier molecular flexibility index (Phi) is 6.14. The van der Waals surface area contributed by atoms with Gasteiger partial charge in [0.05, 0.1) is 24.0 Å². The average molecular weight is 277 g/mol. The molecule has 5 unspecified atom stereocenters. The highest BCUT2D eigenvalue weighted by Crippen LogP contribution is 2.29. The van der Waals surface area contributed by atoms with Crippen molar-refractivity contribution >= 4 is 5.94 Å². The van der Waals surface area contributed by atoms with E-state index in [1.54, 1.807) is 5.94 Å². The monoisotopic (exact) mass is 277 g/mol. The number of hydrogen-bond acceptors (Lipinski definition) is 5. The molecule has 5 heteroatoms. The minimum Gasteiger partial charge on any atom is -0.493 e. The standard InChI is InChI=1S/C15H23N3O2/c1-5-10(2)12(4)15-14(17-6-7-19)13(18-9-16)8-11(3)20-15/h6,8,10,12-15,17-18H,5H2,1-4H3. The number of hydrogen-bond donors (Lipinski definition) is 2. The molecule has 110 valence electrons. The van der Waals surface area contributed by atoms with Gasteiger partial charge in [0.15, 0.2) is 6.19 Å². The highest BCUT2D eigenvalue weighted by molar-refractivity contribution is 5.44. The maximum absolute atomic E-state index is 10.5. The van der Waals surface area contributed by atoms with E-state index in [0.29, 0.717) is 11.8 Å². The van der Waals surface area contributed by atoms with Crippen molar-refractivity contribution in [2.75, 3.05) is 0 Å². The zero-order valence-corrected chi connectivity index (χ0v) is 12.5. The second kappa shape index (κ2) is 7.62. The van der Waals surface area contributed by atoms with Gasteiger partial charge in [0.25, 0.3) is 0 Å². The van der Waals surface area contributed by atoms with Crippen LogP contribution in [-0.2, 0) is 9.53 Å². The van der Waals surface area contributed by atoms with Crippen LogP contribution >= 0.6 is 0 Å². The van der Waals surface area contributed by atoms with E-state index < -0.39 is 0 Å². The lowest BCUT2D eigenvalue weighted by molar-refractivity contribution is 0.00447. The largest absolute Gasteiger partial charge is 0.493 e. The van der Waals surface area contributed by atoms with Gasteiger partial charge in [-0.25, -0.2) is 4.79 Å². The quantitative estimate of drug-likeness (QED) is 0.439. The van der Waals surface area contributed by atoms with Crippen molar-refractivity contribution in [3.05, 3.63) is 18.0 Å². The third-order valence-electron chi connectivity index (χ3n) is 4.10. The molecule has 1 aliphatic rings. The van der Waals surface area contributed by atoms with E-state index in [0.717, 1.165) is 12.2 Å². The number of carbonyl (C=O) groups excluding carboxylic acids is 1. The van der Waals surface area contributed by atoms with Crippen LogP contribution in [0.5, 0.6) is 0 Å². The minimum atomic E-state index is -0.199. The van der Waals surface area contributed by atoms with Gasteiger partial charge in [0.2, 0.25) is 0 Å². The summed E-state index contributed by atoms with van der Waals surface area (Å²) in [6.45, 7) is 8.35. The second-order valence-corrected chi connectivity index (χ2v) is 5.34. The van der Waals surface area contributed by atoms with Gasteiger partial charge in [-0.1, -0.05) is 27.2 Å². The lowest BCUT2D eigenvalue weighted by Gasteiger charge is -2.41. The Labute approximate surface area is 120 Å². The van der Waals surface area contributed by atoms with Crippen LogP contribution in [0.2, 0.25) is 0 Å². The van der Waals surface area contributed by atoms with E-state index in [1.807, 2.05) is 19.2 Å². The van der Waals surface area contributed by atoms with E-state index in [1.165, 1.54) is 6.20 Å². The topological polar surface area (TPSA) is 74.2 Å². The molecule has 1 rings (SSSR count). The van der Waals surface area contributed by atoms with Gasteiger partial charge in [0.1, 0.15) is 12.0 Å². The molecule has 5 nitrogen and oxygen atoms in total. The molecular weight excluding hydrogens is 254 g/mol. The Bertz CT molecular complexity index is 435. The second-order valence-electron chi connectivity index (χ2n) is 5.34. The van der Waals surface area contributed by atoms with Crippen molar-refractivity contribution in [1.29, 1.82) is 5.26 Å². The number of rotatable bonds is 6. The molecule has 1 heterocycles. The van der Waals surface area contributed by atoms with Crippen LogP contribution in [0.15, 0.2) is 18.0 Å². The fraction of sp³-hybridized carbons (Fsp3) is 0.667. The fourth-order valence-corrected chi connectivity index (χ4v) is 2.55. The molecule has 0 aromatic carbocycles. The fourth-order valence-electron chi connectivity index (χ4n) is 2.55. The van der Waals surface area contributed by atoms with Gasteiger partial charge in [-0.2, -0.15) is 5.26 Å². The third-order valence-corrected chi connectivity index (χ3v) is 4.10. The molecule has 0 amide bonds. The molecule has 0 aromatic rings. The first-order valence-electron chi connectivity index (χ1n) is 7.00. The summed E-state index contributed by atoms with van der Waals surface area (Å²) in [6.07, 6.45) is 6.01. The smallest absolute Gasteiger partial charge is 0.177 e. The van der Waals surface area contributed by atoms with Gasteiger partial charge >= 0.3 is 0 Å². The lowest BCUT2D eigenvalue weighted by Crippen LogP contribution is -2.56. The van der Waals surface area contributed by atoms with Crippen LogP contribution in [-0.4, -0.2) is 24.1 Å². The summed E-state index contributed by atoms with van der Waals surface area (Å²) in [5.74, 6) is 3.30. The Balaban J connectivity index is 3.02. The predicted octanol–water partition coefficient (Wildman–Crippen LogP) is 1.71. The van der Waals surface area contributed by atoms with Crippen molar-refractivity contribution in [2.45, 2.75) is 52.3 Å². The van der Waals surface area contributed by atoms with Crippen molar-refractivity contribution in [1.82, 2.24) is 10.6 Å². The summed E-state index contributed by atoms with van der Waals surface area (Å²) in [4.78, 5) is 10.5. The number of nitrogens with zero attached hydrogens (tertiary/aromatic N) is 1. The summed E-state index contributed by atoms with van der Waals surface area (Å²) in [6, 6.07) is -0.376. The first kappa shape index (κ1) is 16.1. The van der Waals surface area contributed by atoms with Gasteiger partial charge in [-0.05, 0) is 24.8 Å². The summed E-state index contributed by atoms with van der Waals surface area (Å²) in [5, 5.41) is 14.6. The number of allylic oxidation sites excluding steroid dienone is 1. The zero-order chi connectivity index (χ0) is 15.1. The van der Waals surface area contributed by atoms with E-state index >= 15 is 0 Å². The Hall–Kier alpha value is -1.92. The van der Waals surface area contributed by atoms with E-state index in [9.17, 15) is 4.79 Å². The van der Waals surface area contributed by atoms with Crippen molar-refractivity contribution in [3.8, 4) is 6.19 Å². The van der Waals surface area contributed by atoms with E-state index in [-0.39, 0.29) is 18.2 Å². The molecule has 0 saturated carbocycles. The molecule has 5 atom stereocenters. The molecule has 20 heavy (non-hydrogen) atoms. The molecule has 2 N–H and O–H groups in total. The molecule has 0 saturated heterocycles. The van der Waals surface area contributed by atoms with Gasteiger partial charge < -0.3 is 15.4 Å². The van der Waals surface area contributed by atoms with Crippen molar-refractivity contribution in [2.24, 2.45) is 11.8 Å². The third kappa shape index (κ3) is 3.79. The summed E-state index contributed by atoms with van der Waals surface area (Å²) in [5.41, 5.74) is 0. The molecule has 1 aliphatic heterocycles.